The largest absolute Gasteiger partial charge is 0.508 e. The van der Waals surface area contributed by atoms with Crippen LogP contribution in [0.15, 0.2) is 24.3 Å². The van der Waals surface area contributed by atoms with Gasteiger partial charge in [-0.05, 0) is 35.8 Å². The minimum Gasteiger partial charge on any atom is -0.508 e. The maximum absolute atomic E-state index is 9.09. The Hall–Kier alpha value is -0.630. The highest BCUT2D eigenvalue weighted by Crippen LogP contribution is 2.32. The van der Waals surface area contributed by atoms with Crippen molar-refractivity contribution in [2.24, 2.45) is 0 Å². The molecule has 1 aromatic carbocycles. The molecule has 1 heterocycles. The monoisotopic (exact) mass is 180 g/mol. The summed E-state index contributed by atoms with van der Waals surface area (Å²) in [4.78, 5) is 0. The van der Waals surface area contributed by atoms with E-state index in [2.05, 4.69) is 0 Å². The highest BCUT2D eigenvalue weighted by Gasteiger charge is 2.16. The van der Waals surface area contributed by atoms with Crippen LogP contribution in [0, 0.1) is 0 Å². The molecule has 1 atom stereocenters. The predicted octanol–water partition coefficient (Wildman–Crippen LogP) is 2.61. The lowest BCUT2D eigenvalue weighted by molar-refractivity contribution is 0.475. The topological polar surface area (TPSA) is 20.2 Å². The molecule has 0 amide bonds. The zero-order valence-electron chi connectivity index (χ0n) is 6.86. The van der Waals surface area contributed by atoms with Crippen molar-refractivity contribution in [2.45, 2.75) is 12.3 Å². The summed E-state index contributed by atoms with van der Waals surface area (Å²) in [6, 6.07) is 7.62. The molecule has 1 aliphatic heterocycles. The SMILES string of the molecule is Oc1ccc(C2CCSC2)cc1. The van der Waals surface area contributed by atoms with Crippen LogP contribution in [-0.4, -0.2) is 16.6 Å². The first-order chi connectivity index (χ1) is 5.86. The van der Waals surface area contributed by atoms with Crippen molar-refractivity contribution in [3.63, 3.8) is 0 Å². The molecule has 1 saturated heterocycles. The van der Waals surface area contributed by atoms with Gasteiger partial charge < -0.3 is 5.11 Å². The molecule has 64 valence electrons. The Morgan fingerprint density at radius 1 is 1.25 bits per heavy atom. The molecule has 0 bridgehead atoms. The third-order valence-corrected chi connectivity index (χ3v) is 3.46. The van der Waals surface area contributed by atoms with Crippen LogP contribution >= 0.6 is 11.8 Å². The molecule has 1 unspecified atom stereocenters. The Balaban J connectivity index is 2.17. The van der Waals surface area contributed by atoms with E-state index in [4.69, 9.17) is 5.11 Å². The second-order valence-corrected chi connectivity index (χ2v) is 4.30. The third-order valence-electron chi connectivity index (χ3n) is 2.29. The Morgan fingerprint density at radius 3 is 2.58 bits per heavy atom. The van der Waals surface area contributed by atoms with E-state index >= 15 is 0 Å². The number of benzene rings is 1. The number of aromatic hydroxyl groups is 1. The average Bonchev–Trinajstić information content (AvgIpc) is 2.58. The van der Waals surface area contributed by atoms with Crippen LogP contribution in [0.4, 0.5) is 0 Å². The third kappa shape index (κ3) is 1.58. The second kappa shape index (κ2) is 3.40. The van der Waals surface area contributed by atoms with Crippen molar-refractivity contribution in [2.75, 3.05) is 11.5 Å². The van der Waals surface area contributed by atoms with Crippen LogP contribution in [0.5, 0.6) is 5.75 Å². The van der Waals surface area contributed by atoms with Crippen molar-refractivity contribution >= 4 is 11.8 Å². The van der Waals surface area contributed by atoms with E-state index < -0.39 is 0 Å². The van der Waals surface area contributed by atoms with Gasteiger partial charge in [0, 0.05) is 5.75 Å². The summed E-state index contributed by atoms with van der Waals surface area (Å²) in [6.45, 7) is 0. The van der Waals surface area contributed by atoms with Crippen LogP contribution in [-0.2, 0) is 0 Å². The molecule has 2 heteroatoms. The van der Waals surface area contributed by atoms with Crippen LogP contribution in [0.2, 0.25) is 0 Å². The van der Waals surface area contributed by atoms with Crippen LogP contribution < -0.4 is 0 Å². The molecule has 1 aromatic rings. The Kier molecular flexibility index (Phi) is 2.26. The summed E-state index contributed by atoms with van der Waals surface area (Å²) in [7, 11) is 0. The molecule has 1 nitrogen and oxygen atoms in total. The molecular weight excluding hydrogens is 168 g/mol. The summed E-state index contributed by atoms with van der Waals surface area (Å²) in [6.07, 6.45) is 1.29. The van der Waals surface area contributed by atoms with E-state index in [1.165, 1.54) is 23.5 Å². The average molecular weight is 180 g/mol. The minimum absolute atomic E-state index is 0.365. The van der Waals surface area contributed by atoms with Crippen molar-refractivity contribution in [1.29, 1.82) is 0 Å². The van der Waals surface area contributed by atoms with Crippen molar-refractivity contribution in [3.8, 4) is 5.75 Å². The molecule has 0 aromatic heterocycles. The van der Waals surface area contributed by atoms with E-state index in [0.717, 1.165) is 5.92 Å². The highest BCUT2D eigenvalue weighted by atomic mass is 32.2. The first kappa shape index (κ1) is 7.99. The molecule has 1 N–H and O–H groups in total. The summed E-state index contributed by atoms with van der Waals surface area (Å²) in [5.74, 6) is 3.61. The van der Waals surface area contributed by atoms with Gasteiger partial charge in [-0.15, -0.1) is 0 Å². The highest BCUT2D eigenvalue weighted by molar-refractivity contribution is 7.99. The summed E-state index contributed by atoms with van der Waals surface area (Å²) < 4.78 is 0. The molecule has 0 saturated carbocycles. The molecule has 0 aliphatic carbocycles. The Labute approximate surface area is 76.8 Å². The number of phenols is 1. The van der Waals surface area contributed by atoms with E-state index in [0.29, 0.717) is 5.75 Å². The van der Waals surface area contributed by atoms with Crippen molar-refractivity contribution in [3.05, 3.63) is 29.8 Å². The molecule has 2 rings (SSSR count). The molecule has 1 aliphatic rings. The number of hydrogen-bond donors (Lipinski definition) is 1. The van der Waals surface area contributed by atoms with E-state index in [-0.39, 0.29) is 0 Å². The molecule has 0 radical (unpaired) electrons. The van der Waals surface area contributed by atoms with Crippen molar-refractivity contribution in [1.82, 2.24) is 0 Å². The second-order valence-electron chi connectivity index (χ2n) is 3.15. The summed E-state index contributed by atoms with van der Waals surface area (Å²) >= 11 is 2.02. The molecule has 0 spiro atoms. The Bertz CT molecular complexity index is 249. The van der Waals surface area contributed by atoms with Gasteiger partial charge >= 0.3 is 0 Å². The van der Waals surface area contributed by atoms with Gasteiger partial charge in [-0.3, -0.25) is 0 Å². The Morgan fingerprint density at radius 2 is 2.00 bits per heavy atom. The zero-order valence-corrected chi connectivity index (χ0v) is 7.68. The number of phenolic OH excluding ortho intramolecular Hbond substituents is 1. The van der Waals surface area contributed by atoms with Gasteiger partial charge in [-0.2, -0.15) is 11.8 Å². The maximum atomic E-state index is 9.09. The zero-order chi connectivity index (χ0) is 8.39. The predicted molar refractivity (Wildman–Crippen MR) is 52.8 cm³/mol. The van der Waals surface area contributed by atoms with Gasteiger partial charge in [0.1, 0.15) is 5.75 Å². The lowest BCUT2D eigenvalue weighted by Crippen LogP contribution is -1.94. The molecule has 1 fully saturated rings. The smallest absolute Gasteiger partial charge is 0.115 e. The number of thioether (sulfide) groups is 1. The fraction of sp³-hybridized carbons (Fsp3) is 0.400. The summed E-state index contributed by atoms with van der Waals surface area (Å²) in [5.41, 5.74) is 1.37. The maximum Gasteiger partial charge on any atom is 0.115 e. The lowest BCUT2D eigenvalue weighted by atomic mass is 9.99. The van der Waals surface area contributed by atoms with E-state index in [1.54, 1.807) is 12.1 Å². The minimum atomic E-state index is 0.365. The van der Waals surface area contributed by atoms with E-state index in [1.807, 2.05) is 23.9 Å². The quantitative estimate of drug-likeness (QED) is 0.717. The van der Waals surface area contributed by atoms with Crippen LogP contribution in [0.3, 0.4) is 0 Å². The number of hydrogen-bond acceptors (Lipinski definition) is 2. The first-order valence-electron chi connectivity index (χ1n) is 4.23. The first-order valence-corrected chi connectivity index (χ1v) is 5.38. The molecular formula is C10H12OS. The molecule has 12 heavy (non-hydrogen) atoms. The number of rotatable bonds is 1. The normalized spacial score (nSPS) is 22.8. The summed E-state index contributed by atoms with van der Waals surface area (Å²) in [5, 5.41) is 9.09. The van der Waals surface area contributed by atoms with Gasteiger partial charge in [0.25, 0.3) is 0 Å². The fourth-order valence-electron chi connectivity index (χ4n) is 1.54. The van der Waals surface area contributed by atoms with Gasteiger partial charge in [0.2, 0.25) is 0 Å². The van der Waals surface area contributed by atoms with Crippen LogP contribution in [0.25, 0.3) is 0 Å². The van der Waals surface area contributed by atoms with Crippen LogP contribution in [0.1, 0.15) is 17.9 Å². The standard InChI is InChI=1S/C10H12OS/c11-10-3-1-8(2-4-10)9-5-6-12-7-9/h1-4,9,11H,5-7H2. The van der Waals surface area contributed by atoms with Gasteiger partial charge in [0.05, 0.1) is 0 Å². The van der Waals surface area contributed by atoms with Gasteiger partial charge in [0.15, 0.2) is 0 Å². The van der Waals surface area contributed by atoms with E-state index in [9.17, 15) is 0 Å². The van der Waals surface area contributed by atoms with Crippen molar-refractivity contribution < 1.29 is 5.11 Å². The fourth-order valence-corrected chi connectivity index (χ4v) is 2.81. The van der Waals surface area contributed by atoms with Gasteiger partial charge in [-0.1, -0.05) is 12.1 Å². The van der Waals surface area contributed by atoms with Gasteiger partial charge in [-0.25, -0.2) is 0 Å². The lowest BCUT2D eigenvalue weighted by Gasteiger charge is -2.07.